The third-order valence-corrected chi connectivity index (χ3v) is 4.81. The minimum atomic E-state index is -0.572. The zero-order chi connectivity index (χ0) is 19.2. The number of hydrogen-bond donors (Lipinski definition) is 1. The van der Waals surface area contributed by atoms with Crippen LogP contribution in [0.2, 0.25) is 0 Å². The fourth-order valence-corrected chi connectivity index (χ4v) is 3.16. The normalized spacial score (nSPS) is 11.6. The highest BCUT2D eigenvalue weighted by Gasteiger charge is 2.22. The van der Waals surface area contributed by atoms with Gasteiger partial charge in [0.15, 0.2) is 11.5 Å². The highest BCUT2D eigenvalue weighted by atomic mass is 32.1. The number of hydrogen-bond acceptors (Lipinski definition) is 7. The molecule has 8 heteroatoms. The summed E-state index contributed by atoms with van der Waals surface area (Å²) in [6, 6.07) is 11.9. The number of amides is 1. The molecule has 3 rings (SSSR count). The first-order chi connectivity index (χ1) is 13.1. The van der Waals surface area contributed by atoms with Gasteiger partial charge in [0.05, 0.1) is 31.6 Å². The number of ether oxygens (including phenoxy) is 2. The Morgan fingerprint density at radius 2 is 2.00 bits per heavy atom. The Hall–Kier alpha value is -3.13. The number of thiophene rings is 1. The molecule has 2 heterocycles. The number of rotatable bonds is 7. The summed E-state index contributed by atoms with van der Waals surface area (Å²) in [5, 5.41) is 8.55. The van der Waals surface area contributed by atoms with Crippen LogP contribution in [-0.2, 0) is 9.53 Å². The maximum atomic E-state index is 12.6. The van der Waals surface area contributed by atoms with E-state index in [9.17, 15) is 9.59 Å². The first-order valence-electron chi connectivity index (χ1n) is 8.13. The summed E-state index contributed by atoms with van der Waals surface area (Å²) in [6.07, 6.45) is -0.00972. The molecule has 1 aromatic carbocycles. The number of benzene rings is 1. The number of carbonyl (C=O) groups is 2. The van der Waals surface area contributed by atoms with E-state index in [4.69, 9.17) is 14.0 Å². The maximum Gasteiger partial charge on any atom is 0.307 e. The molecule has 0 fully saturated rings. The molecule has 0 radical (unpaired) electrons. The van der Waals surface area contributed by atoms with Crippen molar-refractivity contribution in [2.45, 2.75) is 12.5 Å². The Labute approximate surface area is 159 Å². The van der Waals surface area contributed by atoms with E-state index in [2.05, 4.69) is 10.5 Å². The van der Waals surface area contributed by atoms with Crippen LogP contribution in [0, 0.1) is 0 Å². The molecule has 0 bridgehead atoms. The molecule has 27 heavy (non-hydrogen) atoms. The van der Waals surface area contributed by atoms with Gasteiger partial charge in [0.25, 0.3) is 5.91 Å². The van der Waals surface area contributed by atoms with Gasteiger partial charge in [-0.1, -0.05) is 23.4 Å². The Balaban J connectivity index is 1.78. The molecule has 0 aliphatic carbocycles. The van der Waals surface area contributed by atoms with Gasteiger partial charge in [0.1, 0.15) is 5.75 Å². The average molecular weight is 386 g/mol. The first kappa shape index (κ1) is 18.7. The SMILES string of the molecule is COC(=O)CC(NC(=O)c1cc(-c2cccs2)on1)c1ccc(OC)cc1. The lowest BCUT2D eigenvalue weighted by atomic mass is 10.0. The molecule has 0 spiro atoms. The minimum absolute atomic E-state index is 0.00972. The molecular weight excluding hydrogens is 368 g/mol. The predicted octanol–water partition coefficient (Wildman–Crippen LogP) is 3.45. The van der Waals surface area contributed by atoms with Gasteiger partial charge >= 0.3 is 5.97 Å². The van der Waals surface area contributed by atoms with Crippen molar-refractivity contribution in [3.05, 3.63) is 59.1 Å². The number of nitrogens with zero attached hydrogens (tertiary/aromatic N) is 1. The van der Waals surface area contributed by atoms with Crippen LogP contribution in [0.3, 0.4) is 0 Å². The van der Waals surface area contributed by atoms with Crippen LogP contribution >= 0.6 is 11.3 Å². The fourth-order valence-electron chi connectivity index (χ4n) is 2.49. The minimum Gasteiger partial charge on any atom is -0.497 e. The average Bonchev–Trinajstić information content (AvgIpc) is 3.38. The lowest BCUT2D eigenvalue weighted by Crippen LogP contribution is -2.30. The monoisotopic (exact) mass is 386 g/mol. The quantitative estimate of drug-likeness (QED) is 0.626. The first-order valence-corrected chi connectivity index (χ1v) is 9.01. The number of esters is 1. The maximum absolute atomic E-state index is 12.6. The summed E-state index contributed by atoms with van der Waals surface area (Å²) < 4.78 is 15.1. The van der Waals surface area contributed by atoms with Gasteiger partial charge in [-0.3, -0.25) is 9.59 Å². The van der Waals surface area contributed by atoms with Crippen molar-refractivity contribution in [3.8, 4) is 16.4 Å². The summed E-state index contributed by atoms with van der Waals surface area (Å²) in [5.74, 6) is 0.324. The molecule has 1 N–H and O–H groups in total. The van der Waals surface area contributed by atoms with Crippen molar-refractivity contribution >= 4 is 23.2 Å². The van der Waals surface area contributed by atoms with Crippen molar-refractivity contribution < 1.29 is 23.6 Å². The second-order valence-electron chi connectivity index (χ2n) is 5.63. The van der Waals surface area contributed by atoms with Crippen LogP contribution < -0.4 is 10.1 Å². The molecule has 0 saturated carbocycles. The molecule has 1 unspecified atom stereocenters. The summed E-state index contributed by atoms with van der Waals surface area (Å²) in [7, 11) is 2.87. The van der Waals surface area contributed by atoms with Crippen LogP contribution in [0.25, 0.3) is 10.6 Å². The Morgan fingerprint density at radius 3 is 2.63 bits per heavy atom. The Bertz CT molecular complexity index is 903. The molecule has 0 aliphatic rings. The standard InChI is InChI=1S/C19H18N2O5S/c1-24-13-7-5-12(6-8-13)14(11-18(22)25-2)20-19(23)15-10-16(26-21-15)17-4-3-9-27-17/h3-10,14H,11H2,1-2H3,(H,20,23). The third kappa shape index (κ3) is 4.53. The van der Waals surface area contributed by atoms with Crippen LogP contribution in [-0.4, -0.2) is 31.3 Å². The van der Waals surface area contributed by atoms with Crippen LogP contribution in [0.5, 0.6) is 5.75 Å². The van der Waals surface area contributed by atoms with E-state index < -0.39 is 17.9 Å². The largest absolute Gasteiger partial charge is 0.497 e. The highest BCUT2D eigenvalue weighted by Crippen LogP contribution is 2.26. The van der Waals surface area contributed by atoms with E-state index in [-0.39, 0.29) is 12.1 Å². The van der Waals surface area contributed by atoms with E-state index in [1.807, 2.05) is 17.5 Å². The van der Waals surface area contributed by atoms with Gasteiger partial charge in [-0.2, -0.15) is 0 Å². The molecule has 1 amide bonds. The number of nitrogens with one attached hydrogen (secondary N) is 1. The summed E-state index contributed by atoms with van der Waals surface area (Å²) in [6.45, 7) is 0. The van der Waals surface area contributed by atoms with Crippen molar-refractivity contribution in [2.24, 2.45) is 0 Å². The molecule has 7 nitrogen and oxygen atoms in total. The van der Waals surface area contributed by atoms with E-state index in [0.717, 1.165) is 10.4 Å². The van der Waals surface area contributed by atoms with E-state index in [1.54, 1.807) is 37.4 Å². The van der Waals surface area contributed by atoms with E-state index in [1.165, 1.54) is 18.4 Å². The number of aromatic nitrogens is 1. The van der Waals surface area contributed by atoms with Gasteiger partial charge in [0.2, 0.25) is 0 Å². The Morgan fingerprint density at radius 1 is 1.22 bits per heavy atom. The summed E-state index contributed by atoms with van der Waals surface area (Å²) in [5.41, 5.74) is 0.887. The van der Waals surface area contributed by atoms with Crippen LogP contribution in [0.15, 0.2) is 52.4 Å². The fraction of sp³-hybridized carbons (Fsp3) is 0.211. The molecular formula is C19H18N2O5S. The Kier molecular flexibility index (Phi) is 5.87. The van der Waals surface area contributed by atoms with Gasteiger partial charge in [-0.15, -0.1) is 11.3 Å². The van der Waals surface area contributed by atoms with Gasteiger partial charge in [0, 0.05) is 6.07 Å². The van der Waals surface area contributed by atoms with E-state index >= 15 is 0 Å². The smallest absolute Gasteiger partial charge is 0.307 e. The van der Waals surface area contributed by atoms with Crippen LogP contribution in [0.4, 0.5) is 0 Å². The predicted molar refractivity (Wildman–Crippen MR) is 99.7 cm³/mol. The topological polar surface area (TPSA) is 90.7 Å². The second-order valence-corrected chi connectivity index (χ2v) is 6.58. The van der Waals surface area contributed by atoms with Crippen LogP contribution in [0.1, 0.15) is 28.5 Å². The third-order valence-electron chi connectivity index (χ3n) is 3.93. The van der Waals surface area contributed by atoms with Crippen molar-refractivity contribution in [3.63, 3.8) is 0 Å². The molecule has 0 saturated heterocycles. The van der Waals surface area contributed by atoms with Gasteiger partial charge < -0.3 is 19.3 Å². The molecule has 2 aromatic heterocycles. The van der Waals surface area contributed by atoms with Crippen molar-refractivity contribution in [2.75, 3.05) is 14.2 Å². The molecule has 3 aromatic rings. The number of methoxy groups -OCH3 is 2. The molecule has 0 aliphatic heterocycles. The molecule has 1 atom stereocenters. The van der Waals surface area contributed by atoms with Crippen molar-refractivity contribution in [1.29, 1.82) is 0 Å². The van der Waals surface area contributed by atoms with E-state index in [0.29, 0.717) is 11.5 Å². The number of carbonyl (C=O) groups excluding carboxylic acids is 2. The zero-order valence-electron chi connectivity index (χ0n) is 14.8. The second kappa shape index (κ2) is 8.50. The highest BCUT2D eigenvalue weighted by molar-refractivity contribution is 7.13. The van der Waals surface area contributed by atoms with Gasteiger partial charge in [-0.25, -0.2) is 0 Å². The zero-order valence-corrected chi connectivity index (χ0v) is 15.6. The van der Waals surface area contributed by atoms with Crippen molar-refractivity contribution in [1.82, 2.24) is 10.5 Å². The summed E-state index contributed by atoms with van der Waals surface area (Å²) in [4.78, 5) is 25.2. The lowest BCUT2D eigenvalue weighted by molar-refractivity contribution is -0.141. The summed E-state index contributed by atoms with van der Waals surface area (Å²) >= 11 is 1.49. The molecule has 140 valence electrons. The lowest BCUT2D eigenvalue weighted by Gasteiger charge is -2.17. The van der Waals surface area contributed by atoms with Gasteiger partial charge in [-0.05, 0) is 29.1 Å².